The van der Waals surface area contributed by atoms with Crippen LogP contribution < -0.4 is 9.80 Å². The maximum Gasteiger partial charge on any atom is 0.340 e. The van der Waals surface area contributed by atoms with Gasteiger partial charge in [0.15, 0.2) is 6.29 Å². The Morgan fingerprint density at radius 3 is 1.79 bits per heavy atom. The van der Waals surface area contributed by atoms with Crippen molar-refractivity contribution in [3.63, 3.8) is 0 Å². The second-order valence-corrected chi connectivity index (χ2v) is 5.86. The summed E-state index contributed by atoms with van der Waals surface area (Å²) in [6.45, 7) is 0. The lowest BCUT2D eigenvalue weighted by Crippen LogP contribution is -2.69. The minimum Gasteiger partial charge on any atom is -0.293 e. The first kappa shape index (κ1) is 16.0. The van der Waals surface area contributed by atoms with Gasteiger partial charge in [0.2, 0.25) is 0 Å². The van der Waals surface area contributed by atoms with E-state index >= 15 is 0 Å². The summed E-state index contributed by atoms with van der Waals surface area (Å²) in [5, 5.41) is 0. The van der Waals surface area contributed by atoms with Crippen LogP contribution in [0.15, 0.2) is 60.7 Å². The number of para-hydroxylation sites is 2. The van der Waals surface area contributed by atoms with E-state index in [0.29, 0.717) is 5.69 Å². The van der Waals surface area contributed by atoms with E-state index in [9.17, 15) is 9.59 Å². The molecule has 2 aromatic rings. The maximum absolute atomic E-state index is 13.2. The molecule has 0 saturated carbocycles. The average Bonchev–Trinajstić information content (AvgIpc) is 2.59. The molecular formula is C18H20N4O2. The van der Waals surface area contributed by atoms with E-state index in [1.165, 1.54) is 4.90 Å². The Balaban J connectivity index is 2.10. The zero-order chi connectivity index (χ0) is 17.3. The molecule has 6 heteroatoms. The predicted octanol–water partition coefficient (Wildman–Crippen LogP) is 3.03. The van der Waals surface area contributed by atoms with Crippen LogP contribution in [0.25, 0.3) is 0 Å². The first-order chi connectivity index (χ1) is 11.5. The summed E-state index contributed by atoms with van der Waals surface area (Å²) in [4.78, 5) is 32.2. The molecule has 1 fully saturated rings. The number of carbonyl (C=O) groups is 2. The molecule has 1 atom stereocenters. The van der Waals surface area contributed by atoms with Gasteiger partial charge in [-0.05, 0) is 38.4 Å². The van der Waals surface area contributed by atoms with Gasteiger partial charge >= 0.3 is 12.1 Å². The fourth-order valence-corrected chi connectivity index (χ4v) is 2.93. The molecule has 0 bridgehead atoms. The molecule has 6 nitrogen and oxygen atoms in total. The third kappa shape index (κ3) is 2.61. The highest BCUT2D eigenvalue weighted by atomic mass is 16.2. The molecule has 0 aromatic heterocycles. The fraction of sp³-hybridized carbons (Fsp3) is 0.222. The fourth-order valence-electron chi connectivity index (χ4n) is 2.93. The molecule has 24 heavy (non-hydrogen) atoms. The Hall–Kier alpha value is -2.86. The number of rotatable bonds is 3. The van der Waals surface area contributed by atoms with Crippen molar-refractivity contribution in [2.45, 2.75) is 6.29 Å². The molecule has 1 unspecified atom stereocenters. The first-order valence-electron chi connectivity index (χ1n) is 7.69. The minimum absolute atomic E-state index is 0.350. The lowest BCUT2D eigenvalue weighted by Gasteiger charge is -2.47. The monoisotopic (exact) mass is 324 g/mol. The topological polar surface area (TPSA) is 47.1 Å². The highest BCUT2D eigenvalue weighted by molar-refractivity contribution is 6.21. The Bertz CT molecular complexity index is 733. The van der Waals surface area contributed by atoms with E-state index in [-0.39, 0.29) is 12.1 Å². The number of benzene rings is 2. The van der Waals surface area contributed by atoms with Crippen molar-refractivity contribution in [3.05, 3.63) is 60.7 Å². The summed E-state index contributed by atoms with van der Waals surface area (Å²) in [5.74, 6) is 0. The normalized spacial score (nSPS) is 18.5. The molecule has 1 heterocycles. The summed E-state index contributed by atoms with van der Waals surface area (Å²) in [6, 6.07) is 17.6. The quantitative estimate of drug-likeness (QED) is 0.872. The van der Waals surface area contributed by atoms with Crippen molar-refractivity contribution in [1.29, 1.82) is 0 Å². The van der Waals surface area contributed by atoms with Gasteiger partial charge in [-0.2, -0.15) is 0 Å². The average molecular weight is 324 g/mol. The Morgan fingerprint density at radius 1 is 0.792 bits per heavy atom. The highest BCUT2D eigenvalue weighted by Gasteiger charge is 2.44. The van der Waals surface area contributed by atoms with Gasteiger partial charge in [-0.15, -0.1) is 0 Å². The van der Waals surface area contributed by atoms with E-state index in [1.54, 1.807) is 41.1 Å². The van der Waals surface area contributed by atoms with Gasteiger partial charge in [0.25, 0.3) is 0 Å². The number of anilines is 2. The van der Waals surface area contributed by atoms with Gasteiger partial charge in [0.05, 0.1) is 5.69 Å². The number of imide groups is 1. The largest absolute Gasteiger partial charge is 0.340 e. The van der Waals surface area contributed by atoms with Crippen LogP contribution in [0.5, 0.6) is 0 Å². The standard InChI is InChI=1S/C18H20N4O2/c1-19(2)16-20(3)17(23)22(15-12-8-5-9-13-15)18(24)21(16)14-10-6-4-7-11-14/h4-13,16H,1-3H3. The van der Waals surface area contributed by atoms with Crippen LogP contribution in [0, 0.1) is 0 Å². The van der Waals surface area contributed by atoms with E-state index in [4.69, 9.17) is 0 Å². The van der Waals surface area contributed by atoms with Crippen molar-refractivity contribution >= 4 is 23.4 Å². The third-order valence-corrected chi connectivity index (χ3v) is 3.98. The summed E-state index contributed by atoms with van der Waals surface area (Å²) in [5.41, 5.74) is 1.29. The molecule has 3 rings (SSSR count). The SMILES string of the molecule is CN(C)C1N(C)C(=O)N(c2ccccc2)C(=O)N1c1ccccc1. The van der Waals surface area contributed by atoms with E-state index in [0.717, 1.165) is 5.69 Å². The van der Waals surface area contributed by atoms with Gasteiger partial charge in [-0.25, -0.2) is 14.5 Å². The summed E-state index contributed by atoms with van der Waals surface area (Å²) in [7, 11) is 5.39. The predicted molar refractivity (Wildman–Crippen MR) is 93.9 cm³/mol. The van der Waals surface area contributed by atoms with E-state index < -0.39 is 6.29 Å². The van der Waals surface area contributed by atoms with Crippen LogP contribution in [0.4, 0.5) is 21.0 Å². The second-order valence-electron chi connectivity index (χ2n) is 5.86. The molecule has 1 saturated heterocycles. The zero-order valence-corrected chi connectivity index (χ0v) is 14.0. The van der Waals surface area contributed by atoms with Crippen LogP contribution in [0.3, 0.4) is 0 Å². The lowest BCUT2D eigenvalue weighted by atomic mass is 10.2. The summed E-state index contributed by atoms with van der Waals surface area (Å²) in [6.07, 6.45) is -0.493. The smallest absolute Gasteiger partial charge is 0.293 e. The van der Waals surface area contributed by atoms with Crippen molar-refractivity contribution in [2.75, 3.05) is 30.9 Å². The molecule has 1 aliphatic heterocycles. The van der Waals surface area contributed by atoms with Crippen LogP contribution in [0.2, 0.25) is 0 Å². The van der Waals surface area contributed by atoms with Crippen LogP contribution in [-0.2, 0) is 0 Å². The summed E-state index contributed by atoms with van der Waals surface area (Å²) < 4.78 is 0. The molecule has 0 aliphatic carbocycles. The third-order valence-electron chi connectivity index (χ3n) is 3.98. The second kappa shape index (κ2) is 6.33. The number of amides is 4. The van der Waals surface area contributed by atoms with E-state index in [1.807, 2.05) is 55.4 Å². The Morgan fingerprint density at radius 2 is 1.29 bits per heavy atom. The van der Waals surface area contributed by atoms with E-state index in [2.05, 4.69) is 0 Å². The molecule has 4 amide bonds. The number of urea groups is 2. The van der Waals surface area contributed by atoms with Crippen molar-refractivity contribution in [3.8, 4) is 0 Å². The van der Waals surface area contributed by atoms with Gasteiger partial charge in [-0.3, -0.25) is 14.7 Å². The Labute approximate surface area is 141 Å². The van der Waals surface area contributed by atoms with Crippen LogP contribution >= 0.6 is 0 Å². The van der Waals surface area contributed by atoms with Gasteiger partial charge in [0.1, 0.15) is 0 Å². The van der Waals surface area contributed by atoms with Crippen molar-refractivity contribution < 1.29 is 9.59 Å². The highest BCUT2D eigenvalue weighted by Crippen LogP contribution is 2.29. The maximum atomic E-state index is 13.2. The van der Waals surface area contributed by atoms with Gasteiger partial charge in [0, 0.05) is 12.7 Å². The summed E-state index contributed by atoms with van der Waals surface area (Å²) >= 11 is 0. The van der Waals surface area contributed by atoms with Gasteiger partial charge < -0.3 is 0 Å². The van der Waals surface area contributed by atoms with Crippen LogP contribution in [-0.4, -0.2) is 49.3 Å². The van der Waals surface area contributed by atoms with Crippen LogP contribution in [0.1, 0.15) is 0 Å². The van der Waals surface area contributed by atoms with Crippen molar-refractivity contribution in [1.82, 2.24) is 9.80 Å². The molecule has 0 N–H and O–H groups in total. The molecule has 124 valence electrons. The minimum atomic E-state index is -0.493. The number of carbonyl (C=O) groups excluding carboxylic acids is 2. The Kier molecular flexibility index (Phi) is 4.22. The van der Waals surface area contributed by atoms with Crippen molar-refractivity contribution in [2.24, 2.45) is 0 Å². The molecule has 1 aliphatic rings. The lowest BCUT2D eigenvalue weighted by molar-refractivity contribution is 0.113. The first-order valence-corrected chi connectivity index (χ1v) is 7.69. The zero-order valence-electron chi connectivity index (χ0n) is 14.0. The number of nitrogens with zero attached hydrogens (tertiary/aromatic N) is 4. The molecular weight excluding hydrogens is 304 g/mol. The molecule has 2 aromatic carbocycles. The number of hydrogen-bond acceptors (Lipinski definition) is 3. The van der Waals surface area contributed by atoms with Gasteiger partial charge in [-0.1, -0.05) is 36.4 Å². The molecule has 0 radical (unpaired) electrons. The molecule has 0 spiro atoms. The number of hydrogen-bond donors (Lipinski definition) is 0.